The molecule has 1 aromatic carbocycles. The second kappa shape index (κ2) is 5.48. The molecule has 2 aliphatic rings. The van der Waals surface area contributed by atoms with E-state index in [0.29, 0.717) is 5.56 Å². The molecule has 2 aliphatic carbocycles. The molecule has 104 valence electrons. The predicted octanol–water partition coefficient (Wildman–Crippen LogP) is 4.94. The maximum atomic E-state index is 14.1. The fraction of sp³-hybridized carbons (Fsp3) is 0.625. The molecule has 2 saturated carbocycles. The Morgan fingerprint density at radius 3 is 2.16 bits per heavy atom. The van der Waals surface area contributed by atoms with E-state index in [4.69, 9.17) is 4.74 Å². The molecular formula is C16H20F2O. The normalized spacial score (nSPS) is 21.2. The molecule has 0 unspecified atom stereocenters. The maximum absolute atomic E-state index is 14.1. The molecule has 0 spiro atoms. The highest BCUT2D eigenvalue weighted by atomic mass is 19.2. The molecule has 0 heterocycles. The van der Waals surface area contributed by atoms with E-state index in [0.717, 1.165) is 51.4 Å². The fourth-order valence-corrected chi connectivity index (χ4v) is 3.38. The summed E-state index contributed by atoms with van der Waals surface area (Å²) in [5.74, 6) is -1.21. The number of halogens is 2. The van der Waals surface area contributed by atoms with Crippen LogP contribution in [0.3, 0.4) is 0 Å². The number of hydrogen-bond donors (Lipinski definition) is 0. The Morgan fingerprint density at radius 2 is 1.47 bits per heavy atom. The van der Waals surface area contributed by atoms with Crippen molar-refractivity contribution in [2.75, 3.05) is 0 Å². The van der Waals surface area contributed by atoms with Gasteiger partial charge in [-0.2, -0.15) is 4.39 Å². The van der Waals surface area contributed by atoms with Crippen LogP contribution in [0.15, 0.2) is 12.1 Å². The van der Waals surface area contributed by atoms with E-state index >= 15 is 0 Å². The van der Waals surface area contributed by atoms with Gasteiger partial charge in [0.2, 0.25) is 5.82 Å². The van der Waals surface area contributed by atoms with Gasteiger partial charge in [0.25, 0.3) is 0 Å². The topological polar surface area (TPSA) is 9.23 Å². The van der Waals surface area contributed by atoms with E-state index in [2.05, 4.69) is 0 Å². The zero-order chi connectivity index (χ0) is 13.2. The van der Waals surface area contributed by atoms with Crippen molar-refractivity contribution in [2.45, 2.75) is 63.4 Å². The lowest BCUT2D eigenvalue weighted by atomic mass is 9.97. The van der Waals surface area contributed by atoms with E-state index in [1.165, 1.54) is 0 Å². The largest absolute Gasteiger partial charge is 0.487 e. The van der Waals surface area contributed by atoms with Crippen molar-refractivity contribution in [2.24, 2.45) is 0 Å². The molecule has 0 N–H and O–H groups in total. The van der Waals surface area contributed by atoms with Crippen LogP contribution in [0, 0.1) is 11.6 Å². The minimum atomic E-state index is -0.795. The molecular weight excluding hydrogens is 246 g/mol. The van der Waals surface area contributed by atoms with Crippen molar-refractivity contribution >= 4 is 0 Å². The number of ether oxygens (including phenoxy) is 1. The van der Waals surface area contributed by atoms with Crippen LogP contribution in [0.2, 0.25) is 0 Å². The first-order chi connectivity index (χ1) is 9.25. The summed E-state index contributed by atoms with van der Waals surface area (Å²) < 4.78 is 33.8. The quantitative estimate of drug-likeness (QED) is 0.752. The zero-order valence-electron chi connectivity index (χ0n) is 11.1. The Bertz CT molecular complexity index is 446. The first-order valence-electron chi connectivity index (χ1n) is 7.40. The maximum Gasteiger partial charge on any atom is 0.200 e. The Morgan fingerprint density at radius 1 is 0.842 bits per heavy atom. The molecule has 3 rings (SSSR count). The van der Waals surface area contributed by atoms with Crippen LogP contribution in [-0.4, -0.2) is 6.10 Å². The molecule has 1 aromatic rings. The minimum Gasteiger partial charge on any atom is -0.487 e. The van der Waals surface area contributed by atoms with Crippen LogP contribution < -0.4 is 4.74 Å². The summed E-state index contributed by atoms with van der Waals surface area (Å²) in [6.07, 6.45) is 8.38. The van der Waals surface area contributed by atoms with Gasteiger partial charge in [-0.1, -0.05) is 18.9 Å². The Kier molecular flexibility index (Phi) is 3.72. The lowest BCUT2D eigenvalue weighted by Crippen LogP contribution is -2.13. The van der Waals surface area contributed by atoms with Gasteiger partial charge in [-0.3, -0.25) is 0 Å². The molecule has 19 heavy (non-hydrogen) atoms. The van der Waals surface area contributed by atoms with Gasteiger partial charge in [0.1, 0.15) is 0 Å². The third-order valence-corrected chi connectivity index (χ3v) is 4.47. The second-order valence-electron chi connectivity index (χ2n) is 5.79. The standard InChI is InChI=1S/C16H20F2O/c17-15-13(11-5-1-2-6-11)9-10-14(16(15)18)19-12-7-3-4-8-12/h9-12H,1-8H2. The van der Waals surface area contributed by atoms with Crippen LogP contribution in [0.25, 0.3) is 0 Å². The molecule has 3 heteroatoms. The molecule has 2 fully saturated rings. The summed E-state index contributed by atoms with van der Waals surface area (Å²) in [5.41, 5.74) is 0.536. The van der Waals surface area contributed by atoms with Crippen LogP contribution in [-0.2, 0) is 0 Å². The van der Waals surface area contributed by atoms with Gasteiger partial charge < -0.3 is 4.74 Å². The van der Waals surface area contributed by atoms with E-state index in [1.807, 2.05) is 0 Å². The third-order valence-electron chi connectivity index (χ3n) is 4.47. The van der Waals surface area contributed by atoms with Crippen molar-refractivity contribution in [3.8, 4) is 5.75 Å². The van der Waals surface area contributed by atoms with E-state index in [9.17, 15) is 8.78 Å². The smallest absolute Gasteiger partial charge is 0.200 e. The van der Waals surface area contributed by atoms with Gasteiger partial charge in [0, 0.05) is 0 Å². The summed E-state index contributed by atoms with van der Waals surface area (Å²) in [6.45, 7) is 0. The lowest BCUT2D eigenvalue weighted by molar-refractivity contribution is 0.198. The molecule has 0 aliphatic heterocycles. The van der Waals surface area contributed by atoms with E-state index in [-0.39, 0.29) is 17.8 Å². The molecule has 0 bridgehead atoms. The van der Waals surface area contributed by atoms with Gasteiger partial charge in [0.05, 0.1) is 6.10 Å². The van der Waals surface area contributed by atoms with Crippen molar-refractivity contribution in [3.05, 3.63) is 29.3 Å². The Labute approximate surface area is 113 Å². The Balaban J connectivity index is 1.80. The molecule has 1 nitrogen and oxygen atoms in total. The van der Waals surface area contributed by atoms with Gasteiger partial charge in [-0.15, -0.1) is 0 Å². The van der Waals surface area contributed by atoms with Crippen molar-refractivity contribution in [1.29, 1.82) is 0 Å². The highest BCUT2D eigenvalue weighted by molar-refractivity contribution is 5.33. The fourth-order valence-electron chi connectivity index (χ4n) is 3.38. The van der Waals surface area contributed by atoms with Gasteiger partial charge >= 0.3 is 0 Å². The average Bonchev–Trinajstić information content (AvgIpc) is 3.08. The average molecular weight is 266 g/mol. The molecule has 0 atom stereocenters. The molecule has 0 amide bonds. The SMILES string of the molecule is Fc1c(OC2CCCC2)ccc(C2CCCC2)c1F. The van der Waals surface area contributed by atoms with Crippen LogP contribution >= 0.6 is 0 Å². The molecule has 0 radical (unpaired) electrons. The third kappa shape index (κ3) is 2.60. The minimum absolute atomic E-state index is 0.0613. The number of benzene rings is 1. The van der Waals surface area contributed by atoms with Crippen molar-refractivity contribution in [3.63, 3.8) is 0 Å². The summed E-state index contributed by atoms with van der Waals surface area (Å²) in [5, 5.41) is 0. The van der Waals surface area contributed by atoms with E-state index < -0.39 is 11.6 Å². The van der Waals surface area contributed by atoms with Crippen molar-refractivity contribution < 1.29 is 13.5 Å². The summed E-state index contributed by atoms with van der Waals surface area (Å²) >= 11 is 0. The summed E-state index contributed by atoms with van der Waals surface area (Å²) in [7, 11) is 0. The van der Waals surface area contributed by atoms with Crippen LogP contribution in [0.5, 0.6) is 5.75 Å². The van der Waals surface area contributed by atoms with Gasteiger partial charge in [-0.25, -0.2) is 4.39 Å². The molecule has 0 aromatic heterocycles. The molecule has 0 saturated heterocycles. The summed E-state index contributed by atoms with van der Waals surface area (Å²) in [6, 6.07) is 3.34. The van der Waals surface area contributed by atoms with Gasteiger partial charge in [-0.05, 0) is 56.1 Å². The predicted molar refractivity (Wildman–Crippen MR) is 70.5 cm³/mol. The monoisotopic (exact) mass is 266 g/mol. The zero-order valence-corrected chi connectivity index (χ0v) is 11.1. The first-order valence-corrected chi connectivity index (χ1v) is 7.40. The number of rotatable bonds is 3. The highest BCUT2D eigenvalue weighted by Crippen LogP contribution is 2.38. The summed E-state index contributed by atoms with van der Waals surface area (Å²) in [4.78, 5) is 0. The van der Waals surface area contributed by atoms with Crippen LogP contribution in [0.4, 0.5) is 8.78 Å². The lowest BCUT2D eigenvalue weighted by Gasteiger charge is -2.17. The highest BCUT2D eigenvalue weighted by Gasteiger charge is 2.25. The Hall–Kier alpha value is -1.12. The van der Waals surface area contributed by atoms with Crippen molar-refractivity contribution in [1.82, 2.24) is 0 Å². The van der Waals surface area contributed by atoms with Gasteiger partial charge in [0.15, 0.2) is 11.6 Å². The second-order valence-corrected chi connectivity index (χ2v) is 5.79. The number of hydrogen-bond acceptors (Lipinski definition) is 1. The van der Waals surface area contributed by atoms with E-state index in [1.54, 1.807) is 12.1 Å². The first kappa shape index (κ1) is 12.9. The van der Waals surface area contributed by atoms with Crippen LogP contribution in [0.1, 0.15) is 62.8 Å².